The summed E-state index contributed by atoms with van der Waals surface area (Å²) in [5.74, 6) is 0.805. The quantitative estimate of drug-likeness (QED) is 0.890. The second-order valence-corrected chi connectivity index (χ2v) is 5.36. The maximum absolute atomic E-state index is 12.6. The van der Waals surface area contributed by atoms with E-state index in [9.17, 15) is 4.79 Å². The summed E-state index contributed by atoms with van der Waals surface area (Å²) in [6, 6.07) is 11.3. The van der Waals surface area contributed by atoms with Crippen molar-refractivity contribution < 1.29 is 4.74 Å². The molecule has 22 heavy (non-hydrogen) atoms. The predicted molar refractivity (Wildman–Crippen MR) is 90.2 cm³/mol. The Kier molecular flexibility index (Phi) is 5.39. The highest BCUT2D eigenvalue weighted by molar-refractivity contribution is 5.67. The molecule has 0 aliphatic heterocycles. The lowest BCUT2D eigenvalue weighted by atomic mass is 10.1. The summed E-state index contributed by atoms with van der Waals surface area (Å²) in [4.78, 5) is 12.6. The van der Waals surface area contributed by atoms with Crippen LogP contribution in [0.25, 0.3) is 11.3 Å². The van der Waals surface area contributed by atoms with Crippen molar-refractivity contribution in [3.63, 3.8) is 0 Å². The van der Waals surface area contributed by atoms with Crippen LogP contribution in [0.1, 0.15) is 38.8 Å². The Morgan fingerprint density at radius 3 is 2.55 bits per heavy atom. The molecule has 4 nitrogen and oxygen atoms in total. The number of pyridine rings is 1. The second-order valence-electron chi connectivity index (χ2n) is 5.36. The molecule has 0 aliphatic carbocycles. The standard InChI is InChI=1S/C18H24N2O2/c1-4-12-22-17-9-7-6-8-15(17)16-11-10-14(13(3)19)18(21)20(16)5-2/h6-11,13H,4-5,12,19H2,1-3H3. The maximum atomic E-state index is 12.6. The van der Waals surface area contributed by atoms with E-state index in [0.717, 1.165) is 23.4 Å². The molecule has 1 heterocycles. The van der Waals surface area contributed by atoms with Crippen molar-refractivity contribution in [2.24, 2.45) is 5.73 Å². The van der Waals surface area contributed by atoms with Gasteiger partial charge in [0.05, 0.1) is 12.3 Å². The van der Waals surface area contributed by atoms with E-state index in [0.29, 0.717) is 18.7 Å². The fraction of sp³-hybridized carbons (Fsp3) is 0.389. The van der Waals surface area contributed by atoms with E-state index in [1.54, 1.807) is 4.57 Å². The van der Waals surface area contributed by atoms with Gasteiger partial charge in [0.1, 0.15) is 5.75 Å². The lowest BCUT2D eigenvalue weighted by Crippen LogP contribution is -2.27. The molecular weight excluding hydrogens is 276 g/mol. The first-order chi connectivity index (χ1) is 10.6. The number of aromatic nitrogens is 1. The summed E-state index contributed by atoms with van der Waals surface area (Å²) in [7, 11) is 0. The van der Waals surface area contributed by atoms with Crippen LogP contribution in [0.5, 0.6) is 5.75 Å². The van der Waals surface area contributed by atoms with Crippen LogP contribution in [0, 0.1) is 0 Å². The molecule has 0 aliphatic rings. The first-order valence-electron chi connectivity index (χ1n) is 7.81. The van der Waals surface area contributed by atoms with Crippen LogP contribution in [0.2, 0.25) is 0 Å². The molecular formula is C18H24N2O2. The summed E-state index contributed by atoms with van der Waals surface area (Å²) in [5.41, 5.74) is 8.29. The van der Waals surface area contributed by atoms with Gasteiger partial charge in [0, 0.05) is 23.7 Å². The van der Waals surface area contributed by atoms with Gasteiger partial charge >= 0.3 is 0 Å². The van der Waals surface area contributed by atoms with Crippen LogP contribution < -0.4 is 16.0 Å². The lowest BCUT2D eigenvalue weighted by molar-refractivity contribution is 0.318. The Morgan fingerprint density at radius 2 is 1.91 bits per heavy atom. The molecule has 0 amide bonds. The Bertz CT molecular complexity index is 690. The zero-order valence-electron chi connectivity index (χ0n) is 13.5. The first kappa shape index (κ1) is 16.3. The molecule has 2 rings (SSSR count). The van der Waals surface area contributed by atoms with Crippen molar-refractivity contribution in [2.45, 2.75) is 39.8 Å². The summed E-state index contributed by atoms with van der Waals surface area (Å²) in [5, 5.41) is 0. The van der Waals surface area contributed by atoms with Crippen LogP contribution in [0.4, 0.5) is 0 Å². The van der Waals surface area contributed by atoms with Crippen LogP contribution in [-0.4, -0.2) is 11.2 Å². The average Bonchev–Trinajstić information content (AvgIpc) is 2.52. The Labute approximate surface area is 131 Å². The molecule has 0 radical (unpaired) electrons. The minimum Gasteiger partial charge on any atom is -0.493 e. The highest BCUT2D eigenvalue weighted by Gasteiger charge is 2.14. The molecule has 4 heteroatoms. The minimum atomic E-state index is -0.272. The van der Waals surface area contributed by atoms with Crippen molar-refractivity contribution in [3.05, 3.63) is 52.3 Å². The number of hydrogen-bond donors (Lipinski definition) is 1. The van der Waals surface area contributed by atoms with Crippen molar-refractivity contribution in [3.8, 4) is 17.0 Å². The lowest BCUT2D eigenvalue weighted by Gasteiger charge is -2.17. The minimum absolute atomic E-state index is 0.0275. The Hall–Kier alpha value is -2.07. The number of para-hydroxylation sites is 1. The number of rotatable bonds is 6. The number of ether oxygens (including phenoxy) is 1. The number of nitrogens with zero attached hydrogens (tertiary/aromatic N) is 1. The molecule has 0 spiro atoms. The van der Waals surface area contributed by atoms with E-state index in [2.05, 4.69) is 6.92 Å². The molecule has 1 unspecified atom stereocenters. The first-order valence-corrected chi connectivity index (χ1v) is 7.81. The zero-order valence-corrected chi connectivity index (χ0v) is 13.5. The third-order valence-electron chi connectivity index (χ3n) is 3.64. The monoisotopic (exact) mass is 300 g/mol. The van der Waals surface area contributed by atoms with E-state index < -0.39 is 0 Å². The van der Waals surface area contributed by atoms with E-state index in [-0.39, 0.29) is 11.6 Å². The molecule has 1 aromatic heterocycles. The Morgan fingerprint density at radius 1 is 1.18 bits per heavy atom. The average molecular weight is 300 g/mol. The largest absolute Gasteiger partial charge is 0.493 e. The van der Waals surface area contributed by atoms with Gasteiger partial charge in [-0.05, 0) is 44.5 Å². The fourth-order valence-corrected chi connectivity index (χ4v) is 2.51. The molecule has 118 valence electrons. The number of nitrogens with two attached hydrogens (primary N) is 1. The summed E-state index contributed by atoms with van der Waals surface area (Å²) < 4.78 is 7.57. The van der Waals surface area contributed by atoms with Gasteiger partial charge in [-0.2, -0.15) is 0 Å². The van der Waals surface area contributed by atoms with Gasteiger partial charge in [-0.15, -0.1) is 0 Å². The van der Waals surface area contributed by atoms with E-state index in [1.807, 2.05) is 50.2 Å². The molecule has 0 fully saturated rings. The second kappa shape index (κ2) is 7.27. The van der Waals surface area contributed by atoms with Crippen LogP contribution in [-0.2, 0) is 6.54 Å². The third-order valence-corrected chi connectivity index (χ3v) is 3.64. The maximum Gasteiger partial charge on any atom is 0.255 e. The zero-order chi connectivity index (χ0) is 16.1. The summed E-state index contributed by atoms with van der Waals surface area (Å²) >= 11 is 0. The highest BCUT2D eigenvalue weighted by Crippen LogP contribution is 2.29. The molecule has 2 aromatic rings. The topological polar surface area (TPSA) is 57.2 Å². The van der Waals surface area contributed by atoms with Gasteiger partial charge in [0.25, 0.3) is 5.56 Å². The summed E-state index contributed by atoms with van der Waals surface area (Å²) in [6.07, 6.45) is 0.943. The molecule has 1 aromatic carbocycles. The van der Waals surface area contributed by atoms with Crippen molar-refractivity contribution >= 4 is 0 Å². The van der Waals surface area contributed by atoms with Gasteiger partial charge in [-0.3, -0.25) is 4.79 Å². The smallest absolute Gasteiger partial charge is 0.255 e. The summed E-state index contributed by atoms with van der Waals surface area (Å²) in [6.45, 7) is 7.12. The van der Waals surface area contributed by atoms with Gasteiger partial charge in [0.2, 0.25) is 0 Å². The predicted octanol–water partition coefficient (Wildman–Crippen LogP) is 3.34. The highest BCUT2D eigenvalue weighted by atomic mass is 16.5. The van der Waals surface area contributed by atoms with Crippen LogP contribution in [0.15, 0.2) is 41.2 Å². The van der Waals surface area contributed by atoms with Crippen molar-refractivity contribution in [1.82, 2.24) is 4.57 Å². The van der Waals surface area contributed by atoms with E-state index in [1.165, 1.54) is 0 Å². The number of hydrogen-bond acceptors (Lipinski definition) is 3. The fourth-order valence-electron chi connectivity index (χ4n) is 2.51. The third kappa shape index (κ3) is 3.22. The SMILES string of the molecule is CCCOc1ccccc1-c1ccc(C(C)N)c(=O)n1CC. The van der Waals surface area contributed by atoms with E-state index in [4.69, 9.17) is 10.5 Å². The van der Waals surface area contributed by atoms with Gasteiger partial charge < -0.3 is 15.0 Å². The molecule has 0 saturated heterocycles. The molecule has 0 bridgehead atoms. The normalized spacial score (nSPS) is 12.2. The van der Waals surface area contributed by atoms with Crippen LogP contribution in [0.3, 0.4) is 0 Å². The molecule has 1 atom stereocenters. The van der Waals surface area contributed by atoms with E-state index >= 15 is 0 Å². The van der Waals surface area contributed by atoms with Gasteiger partial charge in [0.15, 0.2) is 0 Å². The van der Waals surface area contributed by atoms with Crippen LogP contribution >= 0.6 is 0 Å². The number of benzene rings is 1. The van der Waals surface area contributed by atoms with Gasteiger partial charge in [-0.25, -0.2) is 0 Å². The molecule has 2 N–H and O–H groups in total. The molecule has 0 saturated carbocycles. The van der Waals surface area contributed by atoms with Gasteiger partial charge in [-0.1, -0.05) is 19.1 Å². The Balaban J connectivity index is 2.58. The van der Waals surface area contributed by atoms with Crippen molar-refractivity contribution in [2.75, 3.05) is 6.61 Å². The van der Waals surface area contributed by atoms with Crippen molar-refractivity contribution in [1.29, 1.82) is 0 Å².